The second-order valence-electron chi connectivity index (χ2n) is 4.27. The van der Waals surface area contributed by atoms with Crippen molar-refractivity contribution in [3.63, 3.8) is 0 Å². The molecule has 1 rings (SSSR count). The van der Waals surface area contributed by atoms with Crippen LogP contribution in [0, 0.1) is 0 Å². The summed E-state index contributed by atoms with van der Waals surface area (Å²) in [5.41, 5.74) is 0. The predicted molar refractivity (Wildman–Crippen MR) is 67.2 cm³/mol. The molecule has 0 aromatic carbocycles. The van der Waals surface area contributed by atoms with Gasteiger partial charge in [0.05, 0.1) is 19.8 Å². The molecule has 0 N–H and O–H groups in total. The zero-order valence-electron chi connectivity index (χ0n) is 10.3. The fourth-order valence-corrected chi connectivity index (χ4v) is 2.50. The van der Waals surface area contributed by atoms with Crippen LogP contribution in [-0.2, 0) is 9.47 Å². The van der Waals surface area contributed by atoms with Crippen molar-refractivity contribution in [2.45, 2.75) is 31.7 Å². The van der Waals surface area contributed by atoms with E-state index in [0.717, 1.165) is 25.7 Å². The van der Waals surface area contributed by atoms with Crippen LogP contribution < -0.4 is 0 Å². The molecule has 1 aliphatic carbocycles. The molecule has 0 radical (unpaired) electrons. The lowest BCUT2D eigenvalue weighted by Gasteiger charge is -2.27. The van der Waals surface area contributed by atoms with E-state index in [1.165, 1.54) is 25.7 Å². The Kier molecular flexibility index (Phi) is 8.21. The second kappa shape index (κ2) is 9.23. The Bertz CT molecular complexity index is 163. The third-order valence-corrected chi connectivity index (χ3v) is 3.34. The number of halogens is 1. The zero-order chi connectivity index (χ0) is 11.6. The van der Waals surface area contributed by atoms with Crippen molar-refractivity contribution in [1.82, 2.24) is 4.90 Å². The van der Waals surface area contributed by atoms with Crippen molar-refractivity contribution in [3.8, 4) is 0 Å². The highest BCUT2D eigenvalue weighted by Crippen LogP contribution is 2.23. The first-order valence-corrected chi connectivity index (χ1v) is 6.78. The van der Waals surface area contributed by atoms with Crippen LogP contribution in [0.25, 0.3) is 0 Å². The van der Waals surface area contributed by atoms with E-state index < -0.39 is 0 Å². The standard InChI is InChI=1S/C12H24ClNO2/c1-15-10-11-16-9-8-14(7-6-13)12-4-2-3-5-12/h12H,2-11H2,1H3. The van der Waals surface area contributed by atoms with Crippen molar-refractivity contribution < 1.29 is 9.47 Å². The van der Waals surface area contributed by atoms with Crippen molar-refractivity contribution in [2.24, 2.45) is 0 Å². The lowest BCUT2D eigenvalue weighted by Crippen LogP contribution is -2.37. The van der Waals surface area contributed by atoms with Crippen molar-refractivity contribution in [1.29, 1.82) is 0 Å². The molecule has 16 heavy (non-hydrogen) atoms. The van der Waals surface area contributed by atoms with Crippen molar-refractivity contribution >= 4 is 11.6 Å². The molecule has 0 atom stereocenters. The van der Waals surface area contributed by atoms with Crippen LogP contribution in [0.2, 0.25) is 0 Å². The Morgan fingerprint density at radius 2 is 1.88 bits per heavy atom. The van der Waals surface area contributed by atoms with Gasteiger partial charge in [-0.25, -0.2) is 0 Å². The van der Waals surface area contributed by atoms with Gasteiger partial charge in [0, 0.05) is 32.1 Å². The van der Waals surface area contributed by atoms with E-state index in [-0.39, 0.29) is 0 Å². The fourth-order valence-electron chi connectivity index (χ4n) is 2.28. The summed E-state index contributed by atoms with van der Waals surface area (Å²) in [6, 6.07) is 0.741. The Balaban J connectivity index is 2.12. The summed E-state index contributed by atoms with van der Waals surface area (Å²) in [5, 5.41) is 0. The van der Waals surface area contributed by atoms with Gasteiger partial charge in [0.15, 0.2) is 0 Å². The van der Waals surface area contributed by atoms with Crippen LogP contribution in [0.15, 0.2) is 0 Å². The highest BCUT2D eigenvalue weighted by molar-refractivity contribution is 6.18. The van der Waals surface area contributed by atoms with E-state index >= 15 is 0 Å². The van der Waals surface area contributed by atoms with Crippen LogP contribution in [0.1, 0.15) is 25.7 Å². The molecule has 0 heterocycles. The molecular formula is C12H24ClNO2. The number of alkyl halides is 1. The maximum Gasteiger partial charge on any atom is 0.0700 e. The number of hydrogen-bond acceptors (Lipinski definition) is 3. The van der Waals surface area contributed by atoms with Crippen LogP contribution >= 0.6 is 11.6 Å². The summed E-state index contributed by atoms with van der Waals surface area (Å²) in [6.45, 7) is 4.15. The van der Waals surface area contributed by atoms with E-state index in [1.54, 1.807) is 7.11 Å². The molecule has 0 saturated heterocycles. The molecule has 0 spiro atoms. The molecule has 1 saturated carbocycles. The molecule has 0 unspecified atom stereocenters. The van der Waals surface area contributed by atoms with Gasteiger partial charge in [-0.2, -0.15) is 0 Å². The van der Waals surface area contributed by atoms with Crippen molar-refractivity contribution in [3.05, 3.63) is 0 Å². The lowest BCUT2D eigenvalue weighted by molar-refractivity contribution is 0.0511. The molecule has 0 bridgehead atoms. The minimum absolute atomic E-state index is 0.679. The first-order chi connectivity index (χ1) is 7.88. The molecule has 3 nitrogen and oxygen atoms in total. The first-order valence-electron chi connectivity index (χ1n) is 6.25. The van der Waals surface area contributed by atoms with E-state index in [2.05, 4.69) is 4.90 Å². The smallest absolute Gasteiger partial charge is 0.0700 e. The molecule has 0 aromatic rings. The summed E-state index contributed by atoms with van der Waals surface area (Å²) in [7, 11) is 1.70. The molecule has 1 fully saturated rings. The van der Waals surface area contributed by atoms with Gasteiger partial charge in [-0.1, -0.05) is 12.8 Å². The Labute approximate surface area is 104 Å². The van der Waals surface area contributed by atoms with Crippen molar-refractivity contribution in [2.75, 3.05) is 45.9 Å². The van der Waals surface area contributed by atoms with Gasteiger partial charge in [0.25, 0.3) is 0 Å². The molecule has 1 aliphatic rings. The monoisotopic (exact) mass is 249 g/mol. The number of nitrogens with zero attached hydrogens (tertiary/aromatic N) is 1. The lowest BCUT2D eigenvalue weighted by atomic mass is 10.2. The minimum Gasteiger partial charge on any atom is -0.382 e. The maximum atomic E-state index is 5.83. The van der Waals surface area contributed by atoms with Crippen LogP contribution in [0.5, 0.6) is 0 Å². The molecule has 0 amide bonds. The van der Waals surface area contributed by atoms with Gasteiger partial charge in [-0.3, -0.25) is 4.90 Å². The SMILES string of the molecule is COCCOCCN(CCCl)C1CCCC1. The van der Waals surface area contributed by atoms with Gasteiger partial charge >= 0.3 is 0 Å². The highest BCUT2D eigenvalue weighted by Gasteiger charge is 2.21. The number of methoxy groups -OCH3 is 1. The third kappa shape index (κ3) is 5.48. The Morgan fingerprint density at radius 1 is 1.12 bits per heavy atom. The van der Waals surface area contributed by atoms with Gasteiger partial charge in [-0.05, 0) is 12.8 Å². The topological polar surface area (TPSA) is 21.7 Å². The molecule has 96 valence electrons. The summed E-state index contributed by atoms with van der Waals surface area (Å²) in [5.74, 6) is 0.717. The average Bonchev–Trinajstić information content (AvgIpc) is 2.81. The molecule has 0 aromatic heterocycles. The van der Waals surface area contributed by atoms with Gasteiger partial charge in [0.1, 0.15) is 0 Å². The Morgan fingerprint density at radius 3 is 2.50 bits per heavy atom. The minimum atomic E-state index is 0.679. The quantitative estimate of drug-likeness (QED) is 0.462. The number of hydrogen-bond donors (Lipinski definition) is 0. The second-order valence-corrected chi connectivity index (χ2v) is 4.65. The molecule has 4 heteroatoms. The van der Waals surface area contributed by atoms with Crippen LogP contribution in [-0.4, -0.2) is 56.8 Å². The van der Waals surface area contributed by atoms with E-state index in [1.807, 2.05) is 0 Å². The summed E-state index contributed by atoms with van der Waals surface area (Å²) >= 11 is 5.83. The average molecular weight is 250 g/mol. The first kappa shape index (κ1) is 14.2. The normalized spacial score (nSPS) is 17.4. The molecule has 0 aliphatic heterocycles. The largest absolute Gasteiger partial charge is 0.382 e. The van der Waals surface area contributed by atoms with Crippen LogP contribution in [0.4, 0.5) is 0 Å². The fraction of sp³-hybridized carbons (Fsp3) is 1.00. The number of ether oxygens (including phenoxy) is 2. The van der Waals surface area contributed by atoms with E-state index in [9.17, 15) is 0 Å². The summed E-state index contributed by atoms with van der Waals surface area (Å²) in [6.07, 6.45) is 5.39. The van der Waals surface area contributed by atoms with E-state index in [0.29, 0.717) is 19.1 Å². The third-order valence-electron chi connectivity index (χ3n) is 3.17. The zero-order valence-corrected chi connectivity index (χ0v) is 11.0. The predicted octanol–water partition coefficient (Wildman–Crippen LogP) is 2.13. The van der Waals surface area contributed by atoms with Crippen LogP contribution in [0.3, 0.4) is 0 Å². The van der Waals surface area contributed by atoms with E-state index in [4.69, 9.17) is 21.1 Å². The maximum absolute atomic E-state index is 5.83. The van der Waals surface area contributed by atoms with Gasteiger partial charge in [0.2, 0.25) is 0 Å². The Hall–Kier alpha value is 0.170. The summed E-state index contributed by atoms with van der Waals surface area (Å²) < 4.78 is 10.4. The number of rotatable bonds is 9. The highest BCUT2D eigenvalue weighted by atomic mass is 35.5. The van der Waals surface area contributed by atoms with Gasteiger partial charge in [-0.15, -0.1) is 11.6 Å². The molecular weight excluding hydrogens is 226 g/mol. The summed E-state index contributed by atoms with van der Waals surface area (Å²) in [4.78, 5) is 2.48. The van der Waals surface area contributed by atoms with Gasteiger partial charge < -0.3 is 9.47 Å².